The monoisotopic (exact) mass is 146 g/mol. The molecule has 0 bridgehead atoms. The third-order valence-corrected chi connectivity index (χ3v) is 1.79. The fourth-order valence-electron chi connectivity index (χ4n) is 0.350. The molecule has 1 aliphatic heterocycles. The first-order chi connectivity index (χ1) is 4.15. The van der Waals surface area contributed by atoms with E-state index in [2.05, 4.69) is 15.4 Å². The van der Waals surface area contributed by atoms with Crippen molar-refractivity contribution in [1.29, 1.82) is 0 Å². The summed E-state index contributed by atoms with van der Waals surface area (Å²) in [7, 11) is 0. The lowest BCUT2D eigenvalue weighted by atomic mass is 10.4. The molecule has 2 atom stereocenters. The van der Waals surface area contributed by atoms with Gasteiger partial charge in [-0.2, -0.15) is 0 Å². The summed E-state index contributed by atoms with van der Waals surface area (Å²) in [6.45, 7) is 1.41. The van der Waals surface area contributed by atoms with Gasteiger partial charge in [0.25, 0.3) is 0 Å². The van der Waals surface area contributed by atoms with Crippen LogP contribution in [0.15, 0.2) is 15.4 Å². The van der Waals surface area contributed by atoms with Gasteiger partial charge in [-0.3, -0.25) is 4.21 Å². The Hall–Kier alpha value is -0.620. The summed E-state index contributed by atoms with van der Waals surface area (Å²) < 4.78 is 20.6. The van der Waals surface area contributed by atoms with E-state index in [4.69, 9.17) is 0 Å². The van der Waals surface area contributed by atoms with E-state index in [1.165, 1.54) is 13.1 Å². The summed E-state index contributed by atoms with van der Waals surface area (Å²) in [5.74, 6) is 0. The van der Waals surface area contributed by atoms with Crippen LogP contribution in [-0.4, -0.2) is 19.8 Å². The molecule has 1 rings (SSSR count). The summed E-state index contributed by atoms with van der Waals surface area (Å²) in [4.78, 5) is -1.22. The highest BCUT2D eigenvalue weighted by Gasteiger charge is 2.25. The lowest BCUT2D eigenvalue weighted by Crippen LogP contribution is -2.27. The molecule has 0 aliphatic carbocycles. The highest BCUT2D eigenvalue weighted by atomic mass is 32.2. The van der Waals surface area contributed by atoms with Gasteiger partial charge in [0.15, 0.2) is 4.87 Å². The molecule has 0 aromatic carbocycles. The molecule has 0 radical (unpaired) electrons. The van der Waals surface area contributed by atoms with Crippen LogP contribution in [0.1, 0.15) is 6.92 Å². The zero-order valence-electron chi connectivity index (χ0n) is 4.64. The third kappa shape index (κ3) is 1.03. The number of nitrogens with zero attached hydrogens (tertiary/aromatic N) is 3. The molecule has 0 N–H and O–H groups in total. The molecule has 0 aromatic rings. The van der Waals surface area contributed by atoms with Crippen LogP contribution < -0.4 is 0 Å². The van der Waals surface area contributed by atoms with E-state index in [1.54, 1.807) is 0 Å². The van der Waals surface area contributed by atoms with Crippen LogP contribution in [0, 0.1) is 0 Å². The predicted molar refractivity (Wildman–Crippen MR) is 30.7 cm³/mol. The number of rotatable bonds is 1. The summed E-state index contributed by atoms with van der Waals surface area (Å²) >= 11 is -2.27. The minimum absolute atomic E-state index is 1.18. The number of hydrogen-bond donors (Lipinski definition) is 0. The zero-order chi connectivity index (χ0) is 6.91. The van der Waals surface area contributed by atoms with Crippen molar-refractivity contribution < 1.29 is 8.76 Å². The van der Waals surface area contributed by atoms with Crippen LogP contribution in [0.5, 0.6) is 0 Å². The largest absolute Gasteiger partial charge is 0.770 e. The first kappa shape index (κ1) is 6.50. The first-order valence-electron chi connectivity index (χ1n) is 2.21. The summed E-state index contributed by atoms with van der Waals surface area (Å²) in [6.07, 6.45) is 1.18. The molecule has 2 unspecified atom stereocenters. The zero-order valence-corrected chi connectivity index (χ0v) is 5.46. The molecule has 0 amide bonds. The second kappa shape index (κ2) is 1.96. The second-order valence-electron chi connectivity index (χ2n) is 1.72. The smallest absolute Gasteiger partial charge is 0.179 e. The van der Waals surface area contributed by atoms with Crippen LogP contribution in [0.25, 0.3) is 0 Å². The Morgan fingerprint density at radius 3 is 2.67 bits per heavy atom. The summed E-state index contributed by atoms with van der Waals surface area (Å²) in [6, 6.07) is 0. The van der Waals surface area contributed by atoms with Gasteiger partial charge in [-0.05, 0) is 23.2 Å². The number of hydrogen-bond acceptors (Lipinski definition) is 5. The van der Waals surface area contributed by atoms with Gasteiger partial charge in [0.1, 0.15) is 0 Å². The van der Waals surface area contributed by atoms with Crippen LogP contribution in [0.4, 0.5) is 0 Å². The Labute approximate surface area is 54.2 Å². The van der Waals surface area contributed by atoms with E-state index in [1.807, 2.05) is 0 Å². The Bertz CT molecular complexity index is 187. The fraction of sp³-hybridized carbons (Fsp3) is 0.667. The summed E-state index contributed by atoms with van der Waals surface area (Å²) in [5, 5.41) is 9.81. The molecule has 0 aromatic heterocycles. The van der Waals surface area contributed by atoms with Crippen LogP contribution in [0.2, 0.25) is 0 Å². The van der Waals surface area contributed by atoms with Gasteiger partial charge in [0.2, 0.25) is 0 Å². The van der Waals surface area contributed by atoms with Crippen molar-refractivity contribution in [2.24, 2.45) is 15.4 Å². The van der Waals surface area contributed by atoms with Gasteiger partial charge in [-0.15, -0.1) is 10.2 Å². The highest BCUT2D eigenvalue weighted by molar-refractivity contribution is 7.81. The van der Waals surface area contributed by atoms with Crippen LogP contribution in [-0.2, 0) is 11.1 Å². The maximum atomic E-state index is 10.3. The van der Waals surface area contributed by atoms with Crippen molar-refractivity contribution in [2.75, 3.05) is 0 Å². The molecule has 0 saturated heterocycles. The van der Waals surface area contributed by atoms with E-state index in [9.17, 15) is 8.76 Å². The van der Waals surface area contributed by atoms with Crippen molar-refractivity contribution in [3.05, 3.63) is 0 Å². The van der Waals surface area contributed by atoms with Crippen LogP contribution >= 0.6 is 0 Å². The molecule has 50 valence electrons. The average molecular weight is 146 g/mol. The van der Waals surface area contributed by atoms with Crippen molar-refractivity contribution >= 4 is 17.3 Å². The van der Waals surface area contributed by atoms with Crippen molar-refractivity contribution in [3.8, 4) is 0 Å². The molecular formula is C3H4N3O2S-. The van der Waals surface area contributed by atoms with E-state index in [0.717, 1.165) is 0 Å². The average Bonchev–Trinajstić information content (AvgIpc) is 2.16. The van der Waals surface area contributed by atoms with Crippen molar-refractivity contribution in [1.82, 2.24) is 0 Å². The minimum atomic E-state index is -2.27. The van der Waals surface area contributed by atoms with E-state index in [-0.39, 0.29) is 0 Å². The molecule has 1 heterocycles. The molecule has 0 fully saturated rings. The van der Waals surface area contributed by atoms with E-state index < -0.39 is 16.0 Å². The molecule has 1 aliphatic rings. The SMILES string of the molecule is CC1(S(=O)[O-])C=NN=N1. The molecule has 5 nitrogen and oxygen atoms in total. The molecule has 9 heavy (non-hydrogen) atoms. The minimum Gasteiger partial charge on any atom is -0.770 e. The standard InChI is InChI=1S/C3H5N3O2S/c1-3(9(7)8)2-4-6-5-3/h2H,1H3,(H,7,8)/p-1. The van der Waals surface area contributed by atoms with Crippen LogP contribution in [0.3, 0.4) is 0 Å². The highest BCUT2D eigenvalue weighted by Crippen LogP contribution is 2.15. The van der Waals surface area contributed by atoms with Crippen molar-refractivity contribution in [2.45, 2.75) is 11.8 Å². The fourth-order valence-corrected chi connectivity index (χ4v) is 0.586. The Morgan fingerprint density at radius 2 is 2.44 bits per heavy atom. The molecule has 6 heteroatoms. The Kier molecular flexibility index (Phi) is 1.42. The lowest BCUT2D eigenvalue weighted by molar-refractivity contribution is 0.516. The van der Waals surface area contributed by atoms with Gasteiger partial charge in [-0.1, -0.05) is 0 Å². The van der Waals surface area contributed by atoms with Gasteiger partial charge in [-0.25, -0.2) is 0 Å². The normalized spacial score (nSPS) is 35.3. The molecular weight excluding hydrogens is 142 g/mol. The van der Waals surface area contributed by atoms with E-state index in [0.29, 0.717) is 0 Å². The lowest BCUT2D eigenvalue weighted by Gasteiger charge is -2.16. The Morgan fingerprint density at radius 1 is 1.78 bits per heavy atom. The van der Waals surface area contributed by atoms with E-state index >= 15 is 0 Å². The summed E-state index contributed by atoms with van der Waals surface area (Å²) in [5.41, 5.74) is 0. The van der Waals surface area contributed by atoms with Gasteiger partial charge < -0.3 is 4.55 Å². The topological polar surface area (TPSA) is 77.2 Å². The van der Waals surface area contributed by atoms with Crippen molar-refractivity contribution in [3.63, 3.8) is 0 Å². The molecule has 0 saturated carbocycles. The first-order valence-corrected chi connectivity index (χ1v) is 3.28. The second-order valence-corrected chi connectivity index (χ2v) is 3.02. The molecule has 0 spiro atoms. The maximum absolute atomic E-state index is 10.3. The quantitative estimate of drug-likeness (QED) is 0.489. The maximum Gasteiger partial charge on any atom is 0.179 e. The van der Waals surface area contributed by atoms with Gasteiger partial charge >= 0.3 is 0 Å². The predicted octanol–water partition coefficient (Wildman–Crippen LogP) is 0.0333. The van der Waals surface area contributed by atoms with Gasteiger partial charge in [0, 0.05) is 0 Å². The Balaban J connectivity index is 2.88. The third-order valence-electron chi connectivity index (χ3n) is 0.930. The van der Waals surface area contributed by atoms with Gasteiger partial charge in [0.05, 0.1) is 6.21 Å².